The Bertz CT molecular complexity index is 531. The molecule has 0 unspecified atom stereocenters. The van der Waals surface area contributed by atoms with E-state index in [9.17, 15) is 0 Å². The minimum absolute atomic E-state index is 0.672. The number of aryl methyl sites for hydroxylation is 1. The number of aromatic nitrogens is 2. The van der Waals surface area contributed by atoms with Gasteiger partial charge in [-0.05, 0) is 47.4 Å². The quantitative estimate of drug-likeness (QED) is 0.865. The van der Waals surface area contributed by atoms with Crippen molar-refractivity contribution in [1.82, 2.24) is 14.9 Å². The smallest absolute Gasteiger partial charge is 0.106 e. The van der Waals surface area contributed by atoms with Crippen LogP contribution in [0, 0.1) is 12.8 Å². The summed E-state index contributed by atoms with van der Waals surface area (Å²) >= 11 is 5.29. The largest absolute Gasteiger partial charge is 0.326 e. The van der Waals surface area contributed by atoms with Crippen molar-refractivity contribution < 1.29 is 0 Å². The van der Waals surface area contributed by atoms with Crippen molar-refractivity contribution >= 4 is 27.3 Å². The van der Waals surface area contributed by atoms with Gasteiger partial charge in [-0.25, -0.2) is 4.98 Å². The molecule has 0 atom stereocenters. The van der Waals surface area contributed by atoms with Crippen molar-refractivity contribution in [1.29, 1.82) is 0 Å². The summed E-state index contributed by atoms with van der Waals surface area (Å²) in [6.07, 6.45) is 1.98. The molecule has 2 aromatic rings. The molecule has 5 heteroatoms. The normalized spacial score (nSPS) is 11.4. The van der Waals surface area contributed by atoms with E-state index in [0.717, 1.165) is 25.5 Å². The van der Waals surface area contributed by atoms with Crippen LogP contribution in [0.15, 0.2) is 22.1 Å². The lowest BCUT2D eigenvalue weighted by Gasteiger charge is -2.11. The van der Waals surface area contributed by atoms with Crippen molar-refractivity contribution in [3.05, 3.63) is 38.5 Å². The lowest BCUT2D eigenvalue weighted by Crippen LogP contribution is -2.21. The van der Waals surface area contributed by atoms with Crippen LogP contribution in [0.5, 0.6) is 0 Å². The van der Waals surface area contributed by atoms with Crippen molar-refractivity contribution in [3.63, 3.8) is 0 Å². The summed E-state index contributed by atoms with van der Waals surface area (Å²) in [6, 6.07) is 4.27. The van der Waals surface area contributed by atoms with Gasteiger partial charge in [-0.2, -0.15) is 0 Å². The first-order chi connectivity index (χ1) is 9.06. The lowest BCUT2D eigenvalue weighted by molar-refractivity contribution is 0.538. The Morgan fingerprint density at radius 2 is 2.21 bits per heavy atom. The molecule has 2 aromatic heterocycles. The molecule has 0 aromatic carbocycles. The number of hydrogen-bond donors (Lipinski definition) is 1. The fourth-order valence-electron chi connectivity index (χ4n) is 1.95. The minimum atomic E-state index is 0.672. The zero-order chi connectivity index (χ0) is 13.8. The zero-order valence-corrected chi connectivity index (χ0v) is 14.0. The SMILES string of the molecule is Cc1ncc(CNCC(C)C)n1Cc1ccc(Br)s1. The number of thiophene rings is 1. The molecule has 104 valence electrons. The predicted octanol–water partition coefficient (Wildman–Crippen LogP) is 3.81. The number of nitrogens with zero attached hydrogens (tertiary/aromatic N) is 2. The summed E-state index contributed by atoms with van der Waals surface area (Å²) in [7, 11) is 0. The van der Waals surface area contributed by atoms with Gasteiger partial charge in [-0.15, -0.1) is 11.3 Å². The van der Waals surface area contributed by atoms with Crippen LogP contribution in [-0.4, -0.2) is 16.1 Å². The van der Waals surface area contributed by atoms with Gasteiger partial charge in [0.1, 0.15) is 5.82 Å². The van der Waals surface area contributed by atoms with Gasteiger partial charge < -0.3 is 9.88 Å². The molecule has 0 bridgehead atoms. The van der Waals surface area contributed by atoms with Crippen LogP contribution in [0.25, 0.3) is 0 Å². The Morgan fingerprint density at radius 3 is 2.84 bits per heavy atom. The first-order valence-corrected chi connectivity index (χ1v) is 8.13. The van der Waals surface area contributed by atoms with E-state index in [4.69, 9.17) is 0 Å². The highest BCUT2D eigenvalue weighted by Crippen LogP contribution is 2.23. The van der Waals surface area contributed by atoms with Crippen LogP contribution in [-0.2, 0) is 13.1 Å². The zero-order valence-electron chi connectivity index (χ0n) is 11.6. The summed E-state index contributed by atoms with van der Waals surface area (Å²) in [5, 5.41) is 3.48. The fourth-order valence-corrected chi connectivity index (χ4v) is 3.43. The van der Waals surface area contributed by atoms with Gasteiger partial charge in [0, 0.05) is 17.6 Å². The third-order valence-electron chi connectivity index (χ3n) is 2.94. The maximum Gasteiger partial charge on any atom is 0.106 e. The third kappa shape index (κ3) is 4.16. The molecule has 0 saturated carbocycles. The maximum absolute atomic E-state index is 4.43. The van der Waals surface area contributed by atoms with Gasteiger partial charge in [0.15, 0.2) is 0 Å². The second-order valence-corrected chi connectivity index (χ2v) is 7.66. The summed E-state index contributed by atoms with van der Waals surface area (Å²) < 4.78 is 3.46. The van der Waals surface area contributed by atoms with Gasteiger partial charge in [-0.3, -0.25) is 0 Å². The van der Waals surface area contributed by atoms with E-state index in [0.29, 0.717) is 5.92 Å². The molecule has 0 spiro atoms. The maximum atomic E-state index is 4.43. The fraction of sp³-hybridized carbons (Fsp3) is 0.500. The Labute approximate surface area is 127 Å². The number of nitrogens with one attached hydrogen (secondary N) is 1. The molecule has 19 heavy (non-hydrogen) atoms. The minimum Gasteiger partial charge on any atom is -0.326 e. The van der Waals surface area contributed by atoms with Gasteiger partial charge in [-0.1, -0.05) is 13.8 Å². The van der Waals surface area contributed by atoms with Gasteiger partial charge in [0.2, 0.25) is 0 Å². The first kappa shape index (κ1) is 14.8. The van der Waals surface area contributed by atoms with Crippen molar-refractivity contribution in [3.8, 4) is 0 Å². The Kier molecular flexibility index (Phi) is 5.19. The van der Waals surface area contributed by atoms with E-state index in [-0.39, 0.29) is 0 Å². The highest BCUT2D eigenvalue weighted by Gasteiger charge is 2.08. The second-order valence-electron chi connectivity index (χ2n) is 5.11. The molecule has 0 aliphatic heterocycles. The molecule has 2 rings (SSSR count). The molecule has 1 N–H and O–H groups in total. The van der Waals surface area contributed by atoms with Gasteiger partial charge >= 0.3 is 0 Å². The summed E-state index contributed by atoms with van der Waals surface area (Å²) in [4.78, 5) is 5.78. The van der Waals surface area contributed by atoms with Gasteiger partial charge in [0.25, 0.3) is 0 Å². The topological polar surface area (TPSA) is 29.9 Å². The van der Waals surface area contributed by atoms with Crippen LogP contribution in [0.2, 0.25) is 0 Å². The van der Waals surface area contributed by atoms with E-state index in [2.05, 4.69) is 63.7 Å². The predicted molar refractivity (Wildman–Crippen MR) is 84.6 cm³/mol. The molecule has 0 amide bonds. The first-order valence-electron chi connectivity index (χ1n) is 6.52. The molecule has 0 aliphatic carbocycles. The number of imidazole rings is 1. The molecule has 0 radical (unpaired) electrons. The third-order valence-corrected chi connectivity index (χ3v) is 4.55. The van der Waals surface area contributed by atoms with E-state index in [1.54, 1.807) is 11.3 Å². The van der Waals surface area contributed by atoms with Crippen molar-refractivity contribution in [2.75, 3.05) is 6.54 Å². The van der Waals surface area contributed by atoms with Gasteiger partial charge in [0.05, 0.1) is 16.0 Å². The Balaban J connectivity index is 2.05. The average Bonchev–Trinajstić information content (AvgIpc) is 2.89. The molecular formula is C14H20BrN3S. The molecule has 0 saturated heterocycles. The summed E-state index contributed by atoms with van der Waals surface area (Å²) in [5.41, 5.74) is 1.25. The van der Waals surface area contributed by atoms with E-state index in [1.165, 1.54) is 14.4 Å². The highest BCUT2D eigenvalue weighted by atomic mass is 79.9. The number of hydrogen-bond acceptors (Lipinski definition) is 3. The molecule has 0 fully saturated rings. The van der Waals surface area contributed by atoms with Crippen LogP contribution in [0.1, 0.15) is 30.2 Å². The molecule has 0 aliphatic rings. The number of rotatable bonds is 6. The molecule has 3 nitrogen and oxygen atoms in total. The highest BCUT2D eigenvalue weighted by molar-refractivity contribution is 9.11. The van der Waals surface area contributed by atoms with E-state index < -0.39 is 0 Å². The summed E-state index contributed by atoms with van der Waals surface area (Å²) in [6.45, 7) is 9.33. The van der Waals surface area contributed by atoms with Crippen LogP contribution >= 0.6 is 27.3 Å². The Morgan fingerprint density at radius 1 is 1.42 bits per heavy atom. The van der Waals surface area contributed by atoms with Crippen molar-refractivity contribution in [2.24, 2.45) is 5.92 Å². The number of halogens is 1. The summed E-state index contributed by atoms with van der Waals surface area (Å²) in [5.74, 6) is 1.75. The Hall–Kier alpha value is -0.650. The second kappa shape index (κ2) is 6.68. The van der Waals surface area contributed by atoms with E-state index >= 15 is 0 Å². The van der Waals surface area contributed by atoms with Crippen molar-refractivity contribution in [2.45, 2.75) is 33.9 Å². The average molecular weight is 342 g/mol. The monoisotopic (exact) mass is 341 g/mol. The standard InChI is InChI=1S/C14H20BrN3S/c1-10(2)6-16-7-12-8-17-11(3)18(12)9-13-4-5-14(15)19-13/h4-5,8,10,16H,6-7,9H2,1-3H3. The molecular weight excluding hydrogens is 322 g/mol. The van der Waals surface area contributed by atoms with Crippen LogP contribution in [0.3, 0.4) is 0 Å². The van der Waals surface area contributed by atoms with E-state index in [1.807, 2.05) is 6.20 Å². The van der Waals surface area contributed by atoms with Crippen LogP contribution < -0.4 is 5.32 Å². The van der Waals surface area contributed by atoms with Crippen LogP contribution in [0.4, 0.5) is 0 Å². The molecule has 2 heterocycles. The lowest BCUT2D eigenvalue weighted by atomic mass is 10.2.